The average molecular weight is 970 g/mol. The monoisotopic (exact) mass is 969 g/mol. The molecule has 0 saturated heterocycles. The summed E-state index contributed by atoms with van der Waals surface area (Å²) in [5, 5.41) is 0. The molecule has 6 heteroatoms. The van der Waals surface area contributed by atoms with Gasteiger partial charge in [-0.3, -0.25) is 0 Å². The lowest BCUT2D eigenvalue weighted by molar-refractivity contribution is 0.412. The molecule has 0 radical (unpaired) electrons. The molecule has 75 heavy (non-hydrogen) atoms. The number of ether oxygens (including phenoxy) is 4. The van der Waals surface area contributed by atoms with Gasteiger partial charge in [0.05, 0.1) is 5.69 Å². The Balaban J connectivity index is 1.05. The number of nitrogens with zero attached hydrogens (tertiary/aromatic N) is 1. The highest BCUT2D eigenvalue weighted by molar-refractivity contribution is 6.99. The van der Waals surface area contributed by atoms with Gasteiger partial charge in [-0.15, -0.1) is 0 Å². The van der Waals surface area contributed by atoms with E-state index in [-0.39, 0.29) is 23.0 Å². The number of hydrogen-bond acceptors (Lipinski definition) is 5. The number of para-hydroxylation sites is 4. The predicted octanol–water partition coefficient (Wildman–Crippen LogP) is 16.4. The Labute approximate surface area is 438 Å². The summed E-state index contributed by atoms with van der Waals surface area (Å²) < 4.78 is 28.2. The minimum absolute atomic E-state index is 0.233. The Morgan fingerprint density at radius 2 is 0.760 bits per heavy atom. The van der Waals surface area contributed by atoms with Gasteiger partial charge < -0.3 is 23.8 Å². The Hall–Kier alpha value is -8.74. The summed E-state index contributed by atoms with van der Waals surface area (Å²) in [5.41, 5.74) is 19.0. The molecular weight excluding hydrogens is 918 g/mol. The average Bonchev–Trinajstić information content (AvgIpc) is 3.53. The number of hydrogen-bond donors (Lipinski definition) is 0. The van der Waals surface area contributed by atoms with Crippen molar-refractivity contribution in [2.75, 3.05) is 4.90 Å². The van der Waals surface area contributed by atoms with Crippen molar-refractivity contribution in [3.8, 4) is 79.4 Å². The van der Waals surface area contributed by atoms with Crippen molar-refractivity contribution in [2.24, 2.45) is 0 Å². The van der Waals surface area contributed by atoms with E-state index in [9.17, 15) is 0 Å². The van der Waals surface area contributed by atoms with Gasteiger partial charge in [0, 0.05) is 84.3 Å². The predicted molar refractivity (Wildman–Crippen MR) is 305 cm³/mol. The lowest BCUT2D eigenvalue weighted by Gasteiger charge is -2.44. The summed E-state index contributed by atoms with van der Waals surface area (Å²) in [5.74, 6) is 6.73. The maximum absolute atomic E-state index is 7.47. The maximum Gasteiger partial charge on any atom is 0.256 e. The molecule has 5 heterocycles. The van der Waals surface area contributed by atoms with Gasteiger partial charge in [0.15, 0.2) is 0 Å². The standard InChI is InChI=1S/C69H52BNO4/c1-67(2)47-26-13-16-29-57(47)72-60-35-43(32-33-50(60)67)44-34-56-65-64(36-44)75-63-40-62-52(69(5,6)49-28-15-18-31-59(49)74-62)38-54(63)70(65)53-37-51-61(73-58-30-17-14-27-48(58)68(51,3)4)39-55(53)71(56)66-45(41-20-9-7-10-21-41)24-19-25-46(66)42-22-11-8-12-23-42/h7-40H,1-6H3. The minimum Gasteiger partial charge on any atom is -0.458 e. The van der Waals surface area contributed by atoms with Crippen LogP contribution in [0.15, 0.2) is 206 Å². The minimum atomic E-state index is -0.374. The molecule has 10 aromatic carbocycles. The molecule has 0 amide bonds. The lowest BCUT2D eigenvalue weighted by Crippen LogP contribution is -2.60. The Kier molecular flexibility index (Phi) is 9.14. The number of anilines is 3. The van der Waals surface area contributed by atoms with Gasteiger partial charge in [0.2, 0.25) is 0 Å². The number of fused-ring (bicyclic) bond motifs is 10. The van der Waals surface area contributed by atoms with Crippen LogP contribution in [0.4, 0.5) is 17.1 Å². The molecule has 0 saturated carbocycles. The SMILES string of the molecule is CC1(C)c2ccccc2Oc2cc(-c3cc4c5c(c3)N(c3c(-c6ccccc6)cccc3-c3ccccc3)c3cc6c(cc3B5c3cc5c(cc3O4)Oc3ccccc3C5(C)C)C(C)(C)c3ccccc3O6)ccc21. The van der Waals surface area contributed by atoms with Crippen molar-refractivity contribution < 1.29 is 18.9 Å². The van der Waals surface area contributed by atoms with Crippen LogP contribution >= 0.6 is 0 Å². The molecule has 0 fully saturated rings. The van der Waals surface area contributed by atoms with Crippen LogP contribution in [-0.2, 0) is 16.2 Å². The van der Waals surface area contributed by atoms with Gasteiger partial charge >= 0.3 is 0 Å². The van der Waals surface area contributed by atoms with Crippen molar-refractivity contribution in [3.05, 3.63) is 240 Å². The zero-order valence-electron chi connectivity index (χ0n) is 42.8. The van der Waals surface area contributed by atoms with E-state index in [0.29, 0.717) is 0 Å². The third kappa shape index (κ3) is 6.32. The summed E-state index contributed by atoms with van der Waals surface area (Å²) in [6.07, 6.45) is 0. The molecule has 0 unspecified atom stereocenters. The van der Waals surface area contributed by atoms with Crippen molar-refractivity contribution >= 4 is 40.2 Å². The van der Waals surface area contributed by atoms with E-state index >= 15 is 0 Å². The first kappa shape index (κ1) is 43.8. The highest BCUT2D eigenvalue weighted by Gasteiger charge is 2.48. The molecular formula is C69H52BNO4. The Morgan fingerprint density at radius 3 is 1.33 bits per heavy atom. The van der Waals surface area contributed by atoms with Crippen LogP contribution in [-0.4, -0.2) is 6.71 Å². The summed E-state index contributed by atoms with van der Waals surface area (Å²) in [6, 6.07) is 74.4. The molecule has 5 nitrogen and oxygen atoms in total. The number of rotatable bonds is 4. The zero-order chi connectivity index (χ0) is 50.5. The second-order valence-corrected chi connectivity index (χ2v) is 22.4. The normalized spacial score (nSPS) is 15.8. The summed E-state index contributed by atoms with van der Waals surface area (Å²) in [7, 11) is 0. The molecule has 5 aliphatic rings. The molecule has 0 spiro atoms. The highest BCUT2D eigenvalue weighted by Crippen LogP contribution is 2.56. The lowest BCUT2D eigenvalue weighted by atomic mass is 9.33. The summed E-state index contributed by atoms with van der Waals surface area (Å²) in [6.45, 7) is 13.6. The molecule has 5 aliphatic heterocycles. The Bertz CT molecular complexity index is 4010. The highest BCUT2D eigenvalue weighted by atomic mass is 16.5. The van der Waals surface area contributed by atoms with Crippen LogP contribution < -0.4 is 40.2 Å². The third-order valence-electron chi connectivity index (χ3n) is 17.1. The first-order valence-electron chi connectivity index (χ1n) is 26.2. The molecule has 0 N–H and O–H groups in total. The van der Waals surface area contributed by atoms with E-state index in [1.165, 1.54) is 11.0 Å². The topological polar surface area (TPSA) is 40.2 Å². The van der Waals surface area contributed by atoms with Gasteiger partial charge in [-0.05, 0) is 75.0 Å². The van der Waals surface area contributed by atoms with Gasteiger partial charge in [0.1, 0.15) is 46.0 Å². The smallest absolute Gasteiger partial charge is 0.256 e. The van der Waals surface area contributed by atoms with Crippen LogP contribution in [0.5, 0.6) is 46.0 Å². The largest absolute Gasteiger partial charge is 0.458 e. The van der Waals surface area contributed by atoms with Gasteiger partial charge in [0.25, 0.3) is 6.71 Å². The molecule has 10 aromatic rings. The molecule has 0 aromatic heterocycles. The first-order chi connectivity index (χ1) is 36.4. The van der Waals surface area contributed by atoms with Gasteiger partial charge in [-0.25, -0.2) is 0 Å². The van der Waals surface area contributed by atoms with Crippen molar-refractivity contribution in [1.82, 2.24) is 0 Å². The van der Waals surface area contributed by atoms with E-state index in [4.69, 9.17) is 18.9 Å². The van der Waals surface area contributed by atoms with E-state index < -0.39 is 0 Å². The van der Waals surface area contributed by atoms with Crippen LogP contribution in [0.3, 0.4) is 0 Å². The quantitative estimate of drug-likeness (QED) is 0.164. The fraction of sp³-hybridized carbons (Fsp3) is 0.130. The second kappa shape index (κ2) is 15.6. The molecule has 15 rings (SSSR count). The third-order valence-corrected chi connectivity index (χ3v) is 17.1. The van der Waals surface area contributed by atoms with Crippen LogP contribution in [0.1, 0.15) is 74.9 Å². The van der Waals surface area contributed by atoms with Gasteiger partial charge in [-0.2, -0.15) is 0 Å². The van der Waals surface area contributed by atoms with Crippen molar-refractivity contribution in [1.29, 1.82) is 0 Å². The van der Waals surface area contributed by atoms with E-state index in [1.807, 2.05) is 6.07 Å². The van der Waals surface area contributed by atoms with Crippen LogP contribution in [0.25, 0.3) is 33.4 Å². The molecule has 0 atom stereocenters. The van der Waals surface area contributed by atoms with E-state index in [2.05, 4.69) is 247 Å². The maximum atomic E-state index is 7.47. The molecule has 0 aliphatic carbocycles. The van der Waals surface area contributed by atoms with E-state index in [0.717, 1.165) is 135 Å². The fourth-order valence-corrected chi connectivity index (χ4v) is 13.1. The van der Waals surface area contributed by atoms with Crippen molar-refractivity contribution in [2.45, 2.75) is 57.8 Å². The van der Waals surface area contributed by atoms with Gasteiger partial charge in [-0.1, -0.05) is 199 Å². The summed E-state index contributed by atoms with van der Waals surface area (Å²) in [4.78, 5) is 2.53. The first-order valence-corrected chi connectivity index (χ1v) is 26.2. The fourth-order valence-electron chi connectivity index (χ4n) is 13.1. The van der Waals surface area contributed by atoms with Crippen LogP contribution in [0.2, 0.25) is 0 Å². The zero-order valence-corrected chi connectivity index (χ0v) is 42.8. The summed E-state index contributed by atoms with van der Waals surface area (Å²) >= 11 is 0. The van der Waals surface area contributed by atoms with E-state index in [1.54, 1.807) is 0 Å². The second-order valence-electron chi connectivity index (χ2n) is 22.4. The molecule has 0 bridgehead atoms. The Morgan fingerprint density at radius 1 is 0.307 bits per heavy atom. The number of benzene rings is 10. The van der Waals surface area contributed by atoms with Crippen LogP contribution in [0, 0.1) is 0 Å². The molecule has 360 valence electrons. The van der Waals surface area contributed by atoms with Crippen molar-refractivity contribution in [3.63, 3.8) is 0 Å².